The number of hydrogen-bond acceptors (Lipinski definition) is 10. The predicted molar refractivity (Wildman–Crippen MR) is 143 cm³/mol. The van der Waals surface area contributed by atoms with E-state index < -0.39 is 86.7 Å². The van der Waals surface area contributed by atoms with Crippen molar-refractivity contribution in [3.63, 3.8) is 0 Å². The van der Waals surface area contributed by atoms with Gasteiger partial charge in [-0.25, -0.2) is 4.39 Å². The molecule has 0 bridgehead atoms. The Balaban J connectivity index is 1.62. The summed E-state index contributed by atoms with van der Waals surface area (Å²) in [5, 5.41) is 45.1. The molecule has 2 fully saturated rings. The van der Waals surface area contributed by atoms with Crippen LogP contribution in [-0.4, -0.2) is 106 Å². The highest BCUT2D eigenvalue weighted by molar-refractivity contribution is 6.24. The molecule has 1 aromatic rings. The van der Waals surface area contributed by atoms with E-state index in [0.717, 1.165) is 36.9 Å². The molecule has 0 radical (unpaired) electrons. The van der Waals surface area contributed by atoms with E-state index in [9.17, 15) is 39.6 Å². The van der Waals surface area contributed by atoms with Crippen LogP contribution in [-0.2, 0) is 25.6 Å². The summed E-state index contributed by atoms with van der Waals surface area (Å²) in [4.78, 5) is 56.5. The molecule has 1 heterocycles. The number of likely N-dealkylation sites (tertiary alicyclic amines) is 1. The second kappa shape index (κ2) is 9.93. The Morgan fingerprint density at radius 2 is 1.78 bits per heavy atom. The number of benzene rings is 1. The van der Waals surface area contributed by atoms with Gasteiger partial charge in [0, 0.05) is 30.2 Å². The fourth-order valence-corrected chi connectivity index (χ4v) is 6.88. The first-order chi connectivity index (χ1) is 19.2. The van der Waals surface area contributed by atoms with Crippen LogP contribution in [0.1, 0.15) is 30.4 Å². The third-order valence-corrected chi connectivity index (χ3v) is 8.94. The molecule has 3 aliphatic carbocycles. The van der Waals surface area contributed by atoms with Gasteiger partial charge in [0.05, 0.1) is 23.8 Å². The Morgan fingerprint density at radius 3 is 2.37 bits per heavy atom. The lowest BCUT2D eigenvalue weighted by atomic mass is 9.57. The first-order valence-electron chi connectivity index (χ1n) is 13.4. The summed E-state index contributed by atoms with van der Waals surface area (Å²) in [6.45, 7) is 1.53. The molecule has 41 heavy (non-hydrogen) atoms. The van der Waals surface area contributed by atoms with Crippen molar-refractivity contribution in [1.82, 2.24) is 9.80 Å². The van der Waals surface area contributed by atoms with E-state index >= 15 is 4.39 Å². The quantitative estimate of drug-likeness (QED) is 0.305. The smallest absolute Gasteiger partial charge is 0.255 e. The largest absolute Gasteiger partial charge is 0.508 e. The molecule has 13 heteroatoms. The molecule has 0 spiro atoms. The van der Waals surface area contributed by atoms with Crippen LogP contribution in [0.25, 0.3) is 5.76 Å². The highest BCUT2D eigenvalue weighted by Gasteiger charge is 2.64. The lowest BCUT2D eigenvalue weighted by Crippen LogP contribution is -2.65. The number of amides is 2. The third kappa shape index (κ3) is 4.13. The third-order valence-electron chi connectivity index (χ3n) is 8.94. The van der Waals surface area contributed by atoms with E-state index in [-0.39, 0.29) is 30.6 Å². The summed E-state index contributed by atoms with van der Waals surface area (Å²) in [6, 6.07) is -0.237. The second-order valence-electron chi connectivity index (χ2n) is 11.5. The molecule has 6 N–H and O–H groups in total. The van der Waals surface area contributed by atoms with Gasteiger partial charge in [0.25, 0.3) is 5.91 Å². The number of Topliss-reactive ketones (excluding diaryl/α,β-unsaturated/α-hetero) is 2. The number of primary amides is 1. The summed E-state index contributed by atoms with van der Waals surface area (Å²) in [6.07, 6.45) is 1.57. The SMILES string of the molecule is CN(C(=O)CN1CCCC1)c1cc(F)c2c(c1O)C(O)=C1C(=O)[C@]3(O)C(O)=C(C(N)=O)C(=O)[C@@H](N(C)C)[C@@H]3CC1C2. The van der Waals surface area contributed by atoms with Gasteiger partial charge in [-0.1, -0.05) is 0 Å². The van der Waals surface area contributed by atoms with Crippen molar-refractivity contribution in [3.05, 3.63) is 39.9 Å². The summed E-state index contributed by atoms with van der Waals surface area (Å²) >= 11 is 0. The highest BCUT2D eigenvalue weighted by atomic mass is 19.1. The number of anilines is 1. The maximum atomic E-state index is 15.6. The fourth-order valence-electron chi connectivity index (χ4n) is 6.88. The summed E-state index contributed by atoms with van der Waals surface area (Å²) in [7, 11) is 4.35. The van der Waals surface area contributed by atoms with Gasteiger partial charge < -0.3 is 31.1 Å². The number of hydrogen-bond donors (Lipinski definition) is 5. The predicted octanol–water partition coefficient (Wildman–Crippen LogP) is 0.162. The van der Waals surface area contributed by atoms with Crippen molar-refractivity contribution >= 4 is 34.8 Å². The van der Waals surface area contributed by atoms with E-state index in [1.54, 1.807) is 0 Å². The van der Waals surface area contributed by atoms with Crippen LogP contribution in [0, 0.1) is 17.7 Å². The molecule has 2 amide bonds. The van der Waals surface area contributed by atoms with Crippen LogP contribution >= 0.6 is 0 Å². The molecule has 5 rings (SSSR count). The fraction of sp³-hybridized carbons (Fsp3) is 0.500. The van der Waals surface area contributed by atoms with Crippen LogP contribution in [0.2, 0.25) is 0 Å². The molecule has 220 valence electrons. The maximum absolute atomic E-state index is 15.6. The number of phenols is 1. The topological polar surface area (TPSA) is 185 Å². The van der Waals surface area contributed by atoms with Crippen molar-refractivity contribution in [2.75, 3.05) is 45.7 Å². The summed E-state index contributed by atoms with van der Waals surface area (Å²) in [5.74, 6) is -9.44. The number of nitrogens with two attached hydrogens (primary N) is 1. The number of nitrogens with zero attached hydrogens (tertiary/aromatic N) is 3. The molecule has 12 nitrogen and oxygen atoms in total. The van der Waals surface area contributed by atoms with Gasteiger partial charge in [-0.05, 0) is 58.8 Å². The molecule has 4 atom stereocenters. The Hall–Kier alpha value is -3.81. The number of fused-ring (bicyclic) bond motifs is 3. The Kier molecular flexibility index (Phi) is 6.95. The van der Waals surface area contributed by atoms with Crippen molar-refractivity contribution < 1.29 is 44.0 Å². The lowest BCUT2D eigenvalue weighted by molar-refractivity contribution is -0.153. The maximum Gasteiger partial charge on any atom is 0.255 e. The van der Waals surface area contributed by atoms with E-state index in [4.69, 9.17) is 5.73 Å². The number of aliphatic hydroxyl groups is 3. The normalized spacial score (nSPS) is 28.1. The van der Waals surface area contributed by atoms with Crippen molar-refractivity contribution in [1.29, 1.82) is 0 Å². The molecule has 1 aliphatic heterocycles. The van der Waals surface area contributed by atoms with Crippen molar-refractivity contribution in [3.8, 4) is 5.75 Å². The first-order valence-corrected chi connectivity index (χ1v) is 13.4. The van der Waals surface area contributed by atoms with Crippen molar-refractivity contribution in [2.24, 2.45) is 17.6 Å². The Morgan fingerprint density at radius 1 is 1.15 bits per heavy atom. The van der Waals surface area contributed by atoms with Gasteiger partial charge in [-0.3, -0.25) is 29.0 Å². The molecular formula is C28H33FN4O8. The zero-order chi connectivity index (χ0) is 30.1. The van der Waals surface area contributed by atoms with Crippen LogP contribution in [0.5, 0.6) is 5.75 Å². The lowest BCUT2D eigenvalue weighted by Gasteiger charge is -2.50. The standard InChI is InChI=1S/C28H33FN4O8/c1-31(2)21-14-9-12-8-13-15(29)10-16(32(3)17(34)11-33-6-4-5-7-33)22(35)19(13)23(36)18(12)25(38)28(14,41)26(39)20(24(21)37)27(30)40/h10,12,14,21,35-36,39,41H,4-9,11H2,1-3H3,(H2,30,40)/t12?,14-,21-,28-/m0/s1. The highest BCUT2D eigenvalue weighted by Crippen LogP contribution is 2.53. The molecule has 1 aromatic carbocycles. The van der Waals surface area contributed by atoms with Gasteiger partial charge in [0.15, 0.2) is 17.1 Å². The van der Waals surface area contributed by atoms with Crippen LogP contribution in [0.3, 0.4) is 0 Å². The minimum atomic E-state index is -2.79. The number of carbonyl (C=O) groups is 4. The Labute approximate surface area is 235 Å². The zero-order valence-electron chi connectivity index (χ0n) is 23.0. The summed E-state index contributed by atoms with van der Waals surface area (Å²) in [5.41, 5.74) is 0.502. The van der Waals surface area contributed by atoms with E-state index in [0.29, 0.717) is 0 Å². The number of carbonyl (C=O) groups excluding carboxylic acids is 4. The molecular weight excluding hydrogens is 539 g/mol. The number of likely N-dealkylation sites (N-methyl/N-ethyl adjacent to an activating group) is 2. The minimum Gasteiger partial charge on any atom is -0.508 e. The van der Waals surface area contributed by atoms with Gasteiger partial charge in [0.1, 0.15) is 22.9 Å². The number of rotatable bonds is 5. The van der Waals surface area contributed by atoms with Crippen LogP contribution in [0.4, 0.5) is 10.1 Å². The average molecular weight is 573 g/mol. The average Bonchev–Trinajstić information content (AvgIpc) is 3.40. The van der Waals surface area contributed by atoms with Crippen molar-refractivity contribution in [2.45, 2.75) is 37.3 Å². The molecule has 1 saturated carbocycles. The van der Waals surface area contributed by atoms with Gasteiger partial charge >= 0.3 is 0 Å². The number of phenolic OH excluding ortho intramolecular Hbond substituents is 1. The molecule has 1 unspecified atom stereocenters. The zero-order valence-corrected chi connectivity index (χ0v) is 23.0. The van der Waals surface area contributed by atoms with Gasteiger partial charge in [-0.15, -0.1) is 0 Å². The minimum absolute atomic E-state index is 0.0519. The molecule has 1 saturated heterocycles. The Bertz CT molecular complexity index is 1450. The monoisotopic (exact) mass is 572 g/mol. The molecule has 0 aromatic heterocycles. The first kappa shape index (κ1) is 28.7. The van der Waals surface area contributed by atoms with E-state index in [1.165, 1.54) is 26.0 Å². The number of halogens is 1. The molecule has 4 aliphatic rings. The number of aromatic hydroxyl groups is 1. The van der Waals surface area contributed by atoms with E-state index in [1.807, 2.05) is 4.90 Å². The van der Waals surface area contributed by atoms with Crippen LogP contribution < -0.4 is 10.6 Å². The van der Waals surface area contributed by atoms with Gasteiger partial charge in [0.2, 0.25) is 11.7 Å². The second-order valence-corrected chi connectivity index (χ2v) is 11.5. The van der Waals surface area contributed by atoms with Gasteiger partial charge in [-0.2, -0.15) is 0 Å². The van der Waals surface area contributed by atoms with E-state index in [2.05, 4.69) is 0 Å². The number of ketones is 2. The number of aliphatic hydroxyl groups excluding tert-OH is 2. The summed E-state index contributed by atoms with van der Waals surface area (Å²) < 4.78 is 15.6. The van der Waals surface area contributed by atoms with Crippen LogP contribution in [0.15, 0.2) is 23.0 Å².